The number of carbonyl (C=O) groups excluding carboxylic acids is 1. The van der Waals surface area contributed by atoms with Crippen LogP contribution in [0.2, 0.25) is 0 Å². The van der Waals surface area contributed by atoms with Crippen LogP contribution >= 0.6 is 0 Å². The van der Waals surface area contributed by atoms with E-state index in [1.54, 1.807) is 43.0 Å². The summed E-state index contributed by atoms with van der Waals surface area (Å²) in [6.45, 7) is 0. The summed E-state index contributed by atoms with van der Waals surface area (Å²) in [5, 5.41) is 12.2. The molecule has 42 heavy (non-hydrogen) atoms. The number of aromatic nitrogens is 6. The molecule has 0 bridgehead atoms. The topological polar surface area (TPSA) is 121 Å². The van der Waals surface area contributed by atoms with Crippen LogP contribution in [0, 0.1) is 5.82 Å². The zero-order chi connectivity index (χ0) is 28.6. The molecule has 10 heteroatoms. The highest BCUT2D eigenvalue weighted by atomic mass is 19.1. The lowest BCUT2D eigenvalue weighted by atomic mass is 10.1. The van der Waals surface area contributed by atoms with Crippen LogP contribution in [-0.2, 0) is 0 Å². The van der Waals surface area contributed by atoms with Crippen molar-refractivity contribution in [2.75, 3.05) is 12.4 Å². The van der Waals surface area contributed by atoms with Crippen molar-refractivity contribution in [1.82, 2.24) is 30.1 Å². The maximum Gasteiger partial charge on any atom is 0.255 e. The van der Waals surface area contributed by atoms with Crippen molar-refractivity contribution in [2.24, 2.45) is 0 Å². The number of benzene rings is 2. The van der Waals surface area contributed by atoms with Crippen LogP contribution in [0.25, 0.3) is 55.7 Å². The number of hydrogen-bond donors (Lipinski definition) is 3. The number of hydrogen-bond acceptors (Lipinski definition) is 6. The van der Waals surface area contributed by atoms with E-state index in [0.29, 0.717) is 39.6 Å². The third-order valence-corrected chi connectivity index (χ3v) is 6.96. The van der Waals surface area contributed by atoms with Gasteiger partial charge in [0.1, 0.15) is 17.3 Å². The average molecular weight is 556 g/mol. The van der Waals surface area contributed by atoms with Crippen molar-refractivity contribution in [2.45, 2.75) is 0 Å². The Bertz CT molecular complexity index is 2100. The number of aromatic amines is 2. The van der Waals surface area contributed by atoms with Crippen LogP contribution in [0.1, 0.15) is 10.4 Å². The molecule has 5 aromatic heterocycles. The third kappa shape index (κ3) is 4.60. The number of anilines is 1. The predicted molar refractivity (Wildman–Crippen MR) is 159 cm³/mol. The highest BCUT2D eigenvalue weighted by Gasteiger charge is 2.17. The Morgan fingerprint density at radius 2 is 1.71 bits per heavy atom. The molecule has 1 amide bonds. The number of halogens is 1. The van der Waals surface area contributed by atoms with Crippen LogP contribution in [0.4, 0.5) is 10.1 Å². The Hall–Kier alpha value is -5.90. The summed E-state index contributed by atoms with van der Waals surface area (Å²) in [6.07, 6.45) is 6.68. The quantitative estimate of drug-likeness (QED) is 0.212. The van der Waals surface area contributed by atoms with Gasteiger partial charge in [0.15, 0.2) is 0 Å². The number of ether oxygens (including phenoxy) is 1. The Kier molecular flexibility index (Phi) is 6.12. The molecule has 7 aromatic rings. The minimum absolute atomic E-state index is 0.223. The second-order valence-electron chi connectivity index (χ2n) is 9.65. The largest absolute Gasteiger partial charge is 0.497 e. The number of rotatable bonds is 6. The monoisotopic (exact) mass is 555 g/mol. The lowest BCUT2D eigenvalue weighted by Crippen LogP contribution is -2.11. The van der Waals surface area contributed by atoms with E-state index in [9.17, 15) is 9.18 Å². The smallest absolute Gasteiger partial charge is 0.255 e. The number of pyridine rings is 3. The van der Waals surface area contributed by atoms with Gasteiger partial charge < -0.3 is 15.0 Å². The van der Waals surface area contributed by atoms with Crippen molar-refractivity contribution in [3.63, 3.8) is 0 Å². The Morgan fingerprint density at radius 1 is 0.857 bits per heavy atom. The van der Waals surface area contributed by atoms with Gasteiger partial charge in [-0.15, -0.1) is 0 Å². The SMILES string of the molecule is COc1cc(F)cc(-c2nccc3[nH]c(-c4n[nH]c5cnc(-c6cncc(NC(=O)c7ccccc7)c6)cc45)cc23)c1. The number of amides is 1. The van der Waals surface area contributed by atoms with Crippen LogP contribution < -0.4 is 10.1 Å². The molecule has 204 valence electrons. The first-order valence-electron chi connectivity index (χ1n) is 13.0. The predicted octanol–water partition coefficient (Wildman–Crippen LogP) is 6.63. The average Bonchev–Trinajstić information content (AvgIpc) is 3.65. The first-order chi connectivity index (χ1) is 20.6. The maximum atomic E-state index is 14.3. The van der Waals surface area contributed by atoms with E-state index in [1.165, 1.54) is 19.2 Å². The summed E-state index contributed by atoms with van der Waals surface area (Å²) >= 11 is 0. The fourth-order valence-electron chi connectivity index (χ4n) is 4.95. The van der Waals surface area contributed by atoms with Crippen molar-refractivity contribution in [3.05, 3.63) is 109 Å². The molecule has 5 heterocycles. The van der Waals surface area contributed by atoms with Gasteiger partial charge in [-0.1, -0.05) is 18.2 Å². The van der Waals surface area contributed by atoms with Gasteiger partial charge in [0.05, 0.1) is 47.8 Å². The summed E-state index contributed by atoms with van der Waals surface area (Å²) in [7, 11) is 1.50. The number of methoxy groups -OCH3 is 1. The third-order valence-electron chi connectivity index (χ3n) is 6.96. The molecular formula is C32H22FN7O2. The van der Waals surface area contributed by atoms with Gasteiger partial charge in [0.25, 0.3) is 5.91 Å². The van der Waals surface area contributed by atoms with Gasteiger partial charge in [-0.3, -0.25) is 24.8 Å². The first-order valence-corrected chi connectivity index (χ1v) is 13.0. The molecule has 7 rings (SSSR count). The molecule has 0 spiro atoms. The second kappa shape index (κ2) is 10.3. The van der Waals surface area contributed by atoms with Crippen molar-refractivity contribution in [1.29, 1.82) is 0 Å². The Balaban J connectivity index is 1.25. The summed E-state index contributed by atoms with van der Waals surface area (Å²) in [5.74, 6) is -0.217. The number of nitrogens with zero attached hydrogens (tertiary/aromatic N) is 4. The molecule has 9 nitrogen and oxygen atoms in total. The van der Waals surface area contributed by atoms with Gasteiger partial charge in [-0.05, 0) is 48.5 Å². The fourth-order valence-corrected chi connectivity index (χ4v) is 4.95. The van der Waals surface area contributed by atoms with Crippen molar-refractivity contribution < 1.29 is 13.9 Å². The van der Waals surface area contributed by atoms with E-state index < -0.39 is 5.82 Å². The summed E-state index contributed by atoms with van der Waals surface area (Å²) in [4.78, 5) is 29.5. The molecule has 2 aromatic carbocycles. The molecule has 0 aliphatic heterocycles. The summed E-state index contributed by atoms with van der Waals surface area (Å²) in [6, 6.07) is 21.1. The molecule has 0 aliphatic rings. The molecule has 0 saturated heterocycles. The van der Waals surface area contributed by atoms with Gasteiger partial charge in [0, 0.05) is 51.4 Å². The van der Waals surface area contributed by atoms with Gasteiger partial charge in [0.2, 0.25) is 0 Å². The van der Waals surface area contributed by atoms with Crippen molar-refractivity contribution in [3.8, 4) is 39.7 Å². The number of carbonyl (C=O) groups is 1. The van der Waals surface area contributed by atoms with Crippen LogP contribution in [0.5, 0.6) is 5.75 Å². The molecule has 0 atom stereocenters. The van der Waals surface area contributed by atoms with E-state index in [2.05, 4.69) is 35.5 Å². The summed E-state index contributed by atoms with van der Waals surface area (Å²) < 4.78 is 19.5. The van der Waals surface area contributed by atoms with E-state index in [4.69, 9.17) is 4.74 Å². The second-order valence-corrected chi connectivity index (χ2v) is 9.65. The fraction of sp³-hybridized carbons (Fsp3) is 0.0312. The first kappa shape index (κ1) is 25.1. The lowest BCUT2D eigenvalue weighted by Gasteiger charge is -2.07. The van der Waals surface area contributed by atoms with Gasteiger partial charge in [-0.2, -0.15) is 5.10 Å². The van der Waals surface area contributed by atoms with E-state index >= 15 is 0 Å². The zero-order valence-electron chi connectivity index (χ0n) is 22.2. The molecule has 0 unspecified atom stereocenters. The normalized spacial score (nSPS) is 11.2. The van der Waals surface area contributed by atoms with Crippen LogP contribution in [0.15, 0.2) is 97.6 Å². The van der Waals surface area contributed by atoms with Gasteiger partial charge >= 0.3 is 0 Å². The molecular weight excluding hydrogens is 533 g/mol. The number of fused-ring (bicyclic) bond motifs is 2. The maximum absolute atomic E-state index is 14.3. The minimum Gasteiger partial charge on any atom is -0.497 e. The molecule has 0 fully saturated rings. The van der Waals surface area contributed by atoms with Crippen LogP contribution in [-0.4, -0.2) is 43.2 Å². The highest BCUT2D eigenvalue weighted by Crippen LogP contribution is 2.35. The molecule has 0 radical (unpaired) electrons. The lowest BCUT2D eigenvalue weighted by molar-refractivity contribution is 0.102. The molecule has 0 aliphatic carbocycles. The minimum atomic E-state index is -0.407. The van der Waals surface area contributed by atoms with Gasteiger partial charge in [-0.25, -0.2) is 4.39 Å². The standard InChI is InChI=1S/C32H22FN7O2/c1-42-23-11-19(9-21(33)12-23)30-24-14-28(38-26(24)7-8-35-30)31-25-13-27(36-17-29(25)39-40-31)20-10-22(16-34-15-20)37-32(41)18-5-3-2-4-6-18/h2-17,38H,1H3,(H,37,41)(H,39,40). The number of nitrogens with one attached hydrogen (secondary N) is 3. The van der Waals surface area contributed by atoms with E-state index in [0.717, 1.165) is 33.1 Å². The Morgan fingerprint density at radius 3 is 2.57 bits per heavy atom. The van der Waals surface area contributed by atoms with E-state index in [-0.39, 0.29) is 5.91 Å². The van der Waals surface area contributed by atoms with E-state index in [1.807, 2.05) is 42.5 Å². The van der Waals surface area contributed by atoms with Crippen molar-refractivity contribution >= 4 is 33.4 Å². The summed E-state index contributed by atoms with van der Waals surface area (Å²) in [5.41, 5.74) is 6.76. The zero-order valence-corrected chi connectivity index (χ0v) is 22.2. The Labute approximate surface area is 238 Å². The highest BCUT2D eigenvalue weighted by molar-refractivity contribution is 6.04. The van der Waals surface area contributed by atoms with Crippen LogP contribution in [0.3, 0.4) is 0 Å². The number of H-pyrrole nitrogens is 2. The molecule has 0 saturated carbocycles. The molecule has 3 N–H and O–H groups in total.